The topological polar surface area (TPSA) is 37.3 Å². The molecule has 0 unspecified atom stereocenters. The van der Waals surface area contributed by atoms with Gasteiger partial charge in [0.15, 0.2) is 0 Å². The molecular weight excluding hydrogens is 416 g/mol. The average molecular weight is 441 g/mol. The number of carboxylic acid groups (broad SMARTS) is 1. The highest BCUT2D eigenvalue weighted by Crippen LogP contribution is 2.47. The molecule has 5 aromatic carbocycles. The summed E-state index contributed by atoms with van der Waals surface area (Å²) in [6, 6.07) is 43.0. The van der Waals surface area contributed by atoms with E-state index in [1.165, 1.54) is 0 Å². The highest BCUT2D eigenvalue weighted by atomic mass is 16.4. The summed E-state index contributed by atoms with van der Waals surface area (Å²) < 4.78 is 0. The van der Waals surface area contributed by atoms with Crippen molar-refractivity contribution in [3.05, 3.63) is 133 Å². The minimum Gasteiger partial charge on any atom is -0.481 e. The van der Waals surface area contributed by atoms with Gasteiger partial charge in [-0.3, -0.25) is 4.79 Å². The van der Waals surface area contributed by atoms with Crippen LogP contribution in [-0.4, -0.2) is 11.1 Å². The van der Waals surface area contributed by atoms with Crippen LogP contribution in [0.4, 0.5) is 0 Å². The zero-order valence-corrected chi connectivity index (χ0v) is 18.7. The summed E-state index contributed by atoms with van der Waals surface area (Å²) in [6.07, 6.45) is -0.0566. The quantitative estimate of drug-likeness (QED) is 0.291. The first-order valence-electron chi connectivity index (χ1n) is 11.4. The van der Waals surface area contributed by atoms with Gasteiger partial charge in [0.05, 0.1) is 6.42 Å². The molecule has 0 saturated carbocycles. The van der Waals surface area contributed by atoms with Crippen molar-refractivity contribution in [2.75, 3.05) is 0 Å². The highest BCUT2D eigenvalue weighted by Gasteiger charge is 2.23. The molecule has 2 heteroatoms. The molecule has 0 saturated heterocycles. The van der Waals surface area contributed by atoms with Gasteiger partial charge in [-0.2, -0.15) is 0 Å². The first kappa shape index (κ1) is 21.4. The minimum absolute atomic E-state index is 0.0566. The molecule has 0 amide bonds. The Morgan fingerprint density at radius 1 is 0.500 bits per heavy atom. The Balaban J connectivity index is 1.98. The standard InChI is InChI=1S/C32H24O2/c33-29(34)22-27-21-28(23-13-5-1-6-14-23)31(25-17-9-3-10-18-25)32(26-19-11-4-12-20-26)30(27)24-15-7-2-8-16-24/h1-21H,22H2,(H,33,34). The molecule has 0 spiro atoms. The van der Waals surface area contributed by atoms with Crippen LogP contribution in [0.25, 0.3) is 44.5 Å². The van der Waals surface area contributed by atoms with E-state index < -0.39 is 5.97 Å². The van der Waals surface area contributed by atoms with Gasteiger partial charge >= 0.3 is 5.97 Å². The maximum Gasteiger partial charge on any atom is 0.307 e. The van der Waals surface area contributed by atoms with Crippen LogP contribution in [0, 0.1) is 0 Å². The van der Waals surface area contributed by atoms with Gasteiger partial charge in [0.2, 0.25) is 0 Å². The van der Waals surface area contributed by atoms with Crippen LogP contribution in [0.5, 0.6) is 0 Å². The van der Waals surface area contributed by atoms with Gasteiger partial charge in [-0.05, 0) is 56.1 Å². The fraction of sp³-hybridized carbons (Fsp3) is 0.0312. The third-order valence-corrected chi connectivity index (χ3v) is 6.02. The molecule has 164 valence electrons. The van der Waals surface area contributed by atoms with Gasteiger partial charge in [-0.15, -0.1) is 0 Å². The van der Waals surface area contributed by atoms with Gasteiger partial charge in [0, 0.05) is 0 Å². The first-order chi connectivity index (χ1) is 16.7. The zero-order chi connectivity index (χ0) is 23.3. The van der Waals surface area contributed by atoms with Crippen LogP contribution in [0.1, 0.15) is 5.56 Å². The molecule has 0 fully saturated rings. The van der Waals surface area contributed by atoms with E-state index in [-0.39, 0.29) is 6.42 Å². The number of hydrogen-bond acceptors (Lipinski definition) is 1. The van der Waals surface area contributed by atoms with Crippen molar-refractivity contribution in [2.45, 2.75) is 6.42 Å². The summed E-state index contributed by atoms with van der Waals surface area (Å²) >= 11 is 0. The lowest BCUT2D eigenvalue weighted by Crippen LogP contribution is -2.05. The second-order valence-corrected chi connectivity index (χ2v) is 8.24. The maximum atomic E-state index is 12.0. The third-order valence-electron chi connectivity index (χ3n) is 6.02. The van der Waals surface area contributed by atoms with Crippen LogP contribution >= 0.6 is 0 Å². The maximum absolute atomic E-state index is 12.0. The molecule has 1 N–H and O–H groups in total. The van der Waals surface area contributed by atoms with Crippen molar-refractivity contribution in [3.63, 3.8) is 0 Å². The monoisotopic (exact) mass is 440 g/mol. The van der Waals surface area contributed by atoms with Crippen LogP contribution in [0.2, 0.25) is 0 Å². The number of hydrogen-bond donors (Lipinski definition) is 1. The summed E-state index contributed by atoms with van der Waals surface area (Å²) in [5.74, 6) is -0.845. The van der Waals surface area contributed by atoms with E-state index in [1.807, 2.05) is 72.8 Å². The van der Waals surface area contributed by atoms with E-state index in [4.69, 9.17) is 0 Å². The molecule has 2 nitrogen and oxygen atoms in total. The van der Waals surface area contributed by atoms with Gasteiger partial charge in [0.1, 0.15) is 0 Å². The zero-order valence-electron chi connectivity index (χ0n) is 18.7. The van der Waals surface area contributed by atoms with E-state index in [1.54, 1.807) is 0 Å². The molecule has 0 aliphatic rings. The van der Waals surface area contributed by atoms with Crippen molar-refractivity contribution in [3.8, 4) is 44.5 Å². The van der Waals surface area contributed by atoms with Crippen LogP contribution in [0.15, 0.2) is 127 Å². The Bertz CT molecular complexity index is 1410. The molecule has 0 radical (unpaired) electrons. The lowest BCUT2D eigenvalue weighted by molar-refractivity contribution is -0.136. The molecule has 0 atom stereocenters. The van der Waals surface area contributed by atoms with Crippen LogP contribution in [0.3, 0.4) is 0 Å². The van der Waals surface area contributed by atoms with Gasteiger partial charge in [-0.1, -0.05) is 121 Å². The summed E-state index contributed by atoms with van der Waals surface area (Å²) in [6.45, 7) is 0. The predicted molar refractivity (Wildman–Crippen MR) is 140 cm³/mol. The molecule has 34 heavy (non-hydrogen) atoms. The number of carboxylic acids is 1. The molecule has 0 aliphatic carbocycles. The number of rotatable bonds is 6. The fourth-order valence-electron chi connectivity index (χ4n) is 4.62. The Morgan fingerprint density at radius 2 is 0.882 bits per heavy atom. The Hall–Kier alpha value is -4.43. The summed E-state index contributed by atoms with van der Waals surface area (Å²) in [5, 5.41) is 9.85. The smallest absolute Gasteiger partial charge is 0.307 e. The second kappa shape index (κ2) is 9.60. The number of aliphatic carboxylic acids is 1. The third kappa shape index (κ3) is 4.26. The fourth-order valence-corrected chi connectivity index (χ4v) is 4.62. The second-order valence-electron chi connectivity index (χ2n) is 8.24. The summed E-state index contributed by atoms with van der Waals surface area (Å²) in [4.78, 5) is 12.0. The van der Waals surface area contributed by atoms with Gasteiger partial charge < -0.3 is 5.11 Å². The van der Waals surface area contributed by atoms with E-state index in [0.29, 0.717) is 0 Å². The van der Waals surface area contributed by atoms with Gasteiger partial charge in [-0.25, -0.2) is 0 Å². The lowest BCUT2D eigenvalue weighted by atomic mass is 9.79. The molecule has 0 aliphatic heterocycles. The predicted octanol–water partition coefficient (Wildman–Crippen LogP) is 7.98. The molecule has 0 aromatic heterocycles. The highest BCUT2D eigenvalue weighted by molar-refractivity contribution is 6.03. The van der Waals surface area contributed by atoms with Gasteiger partial charge in [0.25, 0.3) is 0 Å². The van der Waals surface area contributed by atoms with Crippen LogP contribution in [-0.2, 0) is 11.2 Å². The average Bonchev–Trinajstić information content (AvgIpc) is 2.89. The Kier molecular flexibility index (Phi) is 6.05. The Morgan fingerprint density at radius 3 is 1.32 bits per heavy atom. The van der Waals surface area contributed by atoms with Crippen molar-refractivity contribution >= 4 is 5.97 Å². The van der Waals surface area contributed by atoms with Crippen molar-refractivity contribution in [2.24, 2.45) is 0 Å². The molecule has 5 aromatic rings. The largest absolute Gasteiger partial charge is 0.481 e. The normalized spacial score (nSPS) is 10.7. The molecule has 0 bridgehead atoms. The van der Waals surface area contributed by atoms with Crippen molar-refractivity contribution < 1.29 is 9.90 Å². The van der Waals surface area contributed by atoms with E-state index >= 15 is 0 Å². The first-order valence-corrected chi connectivity index (χ1v) is 11.4. The molecule has 5 rings (SSSR count). The molecule has 0 heterocycles. The Labute approximate surface area is 199 Å². The summed E-state index contributed by atoms with van der Waals surface area (Å²) in [5.41, 5.74) is 9.18. The van der Waals surface area contributed by atoms with Crippen molar-refractivity contribution in [1.29, 1.82) is 0 Å². The molecular formula is C32H24O2. The number of benzene rings is 5. The van der Waals surface area contributed by atoms with E-state index in [2.05, 4.69) is 54.6 Å². The SMILES string of the molecule is O=C(O)Cc1cc(-c2ccccc2)c(-c2ccccc2)c(-c2ccccc2)c1-c1ccccc1. The van der Waals surface area contributed by atoms with Crippen LogP contribution < -0.4 is 0 Å². The summed E-state index contributed by atoms with van der Waals surface area (Å²) in [7, 11) is 0. The van der Waals surface area contributed by atoms with E-state index in [0.717, 1.165) is 50.1 Å². The number of carbonyl (C=O) groups is 1. The minimum atomic E-state index is -0.845. The lowest BCUT2D eigenvalue weighted by Gasteiger charge is -2.23. The van der Waals surface area contributed by atoms with Crippen molar-refractivity contribution in [1.82, 2.24) is 0 Å². The van der Waals surface area contributed by atoms with E-state index in [9.17, 15) is 9.90 Å².